The van der Waals surface area contributed by atoms with E-state index in [9.17, 15) is 9.90 Å². The molecule has 0 aromatic carbocycles. The van der Waals surface area contributed by atoms with Crippen molar-refractivity contribution in [2.45, 2.75) is 63.9 Å². The maximum absolute atomic E-state index is 12.3. The average Bonchev–Trinajstić information content (AvgIpc) is 3.09. The van der Waals surface area contributed by atoms with E-state index < -0.39 is 5.60 Å². The Bertz CT molecular complexity index is 978. The smallest absolute Gasteiger partial charge is 0.271 e. The zero-order chi connectivity index (χ0) is 21.6. The molecular weight excluding hydrogens is 386 g/mol. The molecule has 3 fully saturated rings. The van der Waals surface area contributed by atoms with Crippen LogP contribution in [0.1, 0.15) is 68.6 Å². The summed E-state index contributed by atoms with van der Waals surface area (Å²) in [5.41, 5.74) is 4.66. The van der Waals surface area contributed by atoms with Crippen molar-refractivity contribution in [3.05, 3.63) is 41.7 Å². The molecule has 0 unspecified atom stereocenters. The van der Waals surface area contributed by atoms with Crippen LogP contribution >= 0.6 is 0 Å². The maximum atomic E-state index is 12.3. The molecule has 6 atom stereocenters. The number of nitrogens with one attached hydrogen (secondary N) is 1. The molecule has 3 saturated carbocycles. The number of hydrazone groups is 1. The van der Waals surface area contributed by atoms with Gasteiger partial charge in [-0.15, -0.1) is 6.42 Å². The van der Waals surface area contributed by atoms with E-state index in [0.29, 0.717) is 29.2 Å². The fourth-order valence-corrected chi connectivity index (χ4v) is 7.23. The van der Waals surface area contributed by atoms with E-state index in [2.05, 4.69) is 34.4 Å². The molecule has 162 valence electrons. The number of allylic oxidation sites excluding steroid dienone is 2. The lowest BCUT2D eigenvalue weighted by atomic mass is 9.50. The lowest BCUT2D eigenvalue weighted by Crippen LogP contribution is -2.52. The first-order valence-corrected chi connectivity index (χ1v) is 11.6. The van der Waals surface area contributed by atoms with Crippen LogP contribution in [-0.2, 0) is 0 Å². The summed E-state index contributed by atoms with van der Waals surface area (Å²) in [5, 5.41) is 15.5. The number of terminal acetylenes is 1. The topological polar surface area (TPSA) is 74.6 Å². The highest BCUT2D eigenvalue weighted by atomic mass is 16.3. The Kier molecular flexibility index (Phi) is 5.01. The molecule has 0 radical (unpaired) electrons. The van der Waals surface area contributed by atoms with Crippen LogP contribution in [0.2, 0.25) is 0 Å². The van der Waals surface area contributed by atoms with Gasteiger partial charge in [0.25, 0.3) is 5.91 Å². The second-order valence-corrected chi connectivity index (χ2v) is 10.1. The van der Waals surface area contributed by atoms with Crippen molar-refractivity contribution < 1.29 is 9.90 Å². The number of pyridine rings is 1. The number of carbonyl (C=O) groups excluding carboxylic acids is 1. The van der Waals surface area contributed by atoms with Crippen LogP contribution in [-0.4, -0.2) is 27.3 Å². The monoisotopic (exact) mass is 417 g/mol. The molecule has 0 saturated heterocycles. The number of rotatable bonds is 2. The van der Waals surface area contributed by atoms with Crippen molar-refractivity contribution >= 4 is 11.6 Å². The van der Waals surface area contributed by atoms with Gasteiger partial charge in [-0.25, -0.2) is 5.43 Å². The Morgan fingerprint density at radius 1 is 1.19 bits per heavy atom. The van der Waals surface area contributed by atoms with Gasteiger partial charge in [-0.3, -0.25) is 9.78 Å². The van der Waals surface area contributed by atoms with E-state index in [1.807, 2.05) is 0 Å². The Morgan fingerprint density at radius 3 is 2.77 bits per heavy atom. The molecule has 0 aliphatic heterocycles. The van der Waals surface area contributed by atoms with E-state index in [1.165, 1.54) is 12.0 Å². The molecule has 1 heterocycles. The average molecular weight is 418 g/mol. The Labute approximate surface area is 184 Å². The molecule has 31 heavy (non-hydrogen) atoms. The Hall–Kier alpha value is -2.45. The summed E-state index contributed by atoms with van der Waals surface area (Å²) < 4.78 is 0. The van der Waals surface area contributed by atoms with Gasteiger partial charge in [0.05, 0.1) is 5.71 Å². The van der Waals surface area contributed by atoms with Gasteiger partial charge < -0.3 is 5.11 Å². The van der Waals surface area contributed by atoms with Gasteiger partial charge >= 0.3 is 0 Å². The van der Waals surface area contributed by atoms with Crippen molar-refractivity contribution in [2.24, 2.45) is 34.2 Å². The number of aliphatic hydroxyl groups is 1. The number of aromatic nitrogens is 1. The van der Waals surface area contributed by atoms with Crippen LogP contribution in [0.5, 0.6) is 0 Å². The number of fused-ring (bicyclic) bond motifs is 5. The number of hydrogen-bond acceptors (Lipinski definition) is 4. The second kappa shape index (κ2) is 7.60. The van der Waals surface area contributed by atoms with Gasteiger partial charge in [0.1, 0.15) is 5.60 Å². The summed E-state index contributed by atoms with van der Waals surface area (Å²) >= 11 is 0. The van der Waals surface area contributed by atoms with Crippen molar-refractivity contribution in [3.8, 4) is 12.3 Å². The molecule has 1 aromatic heterocycles. The molecule has 0 bridgehead atoms. The predicted octanol–water partition coefficient (Wildman–Crippen LogP) is 4.10. The molecule has 5 rings (SSSR count). The summed E-state index contributed by atoms with van der Waals surface area (Å²) in [4.78, 5) is 16.2. The number of carbonyl (C=O) groups is 1. The van der Waals surface area contributed by atoms with E-state index in [-0.39, 0.29) is 11.3 Å². The zero-order valence-electron chi connectivity index (χ0n) is 18.2. The highest BCUT2D eigenvalue weighted by Crippen LogP contribution is 2.64. The fourth-order valence-electron chi connectivity index (χ4n) is 7.23. The lowest BCUT2D eigenvalue weighted by molar-refractivity contribution is -0.0852. The van der Waals surface area contributed by atoms with E-state index in [0.717, 1.165) is 50.7 Å². The number of nitrogens with zero attached hydrogens (tertiary/aromatic N) is 2. The van der Waals surface area contributed by atoms with Crippen LogP contribution in [0.3, 0.4) is 0 Å². The first-order valence-electron chi connectivity index (χ1n) is 11.6. The summed E-state index contributed by atoms with van der Waals surface area (Å²) in [6.07, 6.45) is 19.4. The van der Waals surface area contributed by atoms with Crippen molar-refractivity contribution in [1.82, 2.24) is 10.4 Å². The third kappa shape index (κ3) is 3.24. The van der Waals surface area contributed by atoms with Crippen molar-refractivity contribution in [3.63, 3.8) is 0 Å². The van der Waals surface area contributed by atoms with Gasteiger partial charge in [-0.2, -0.15) is 5.10 Å². The number of hydrogen-bond donors (Lipinski definition) is 2. The molecule has 5 nitrogen and oxygen atoms in total. The van der Waals surface area contributed by atoms with Crippen molar-refractivity contribution in [2.75, 3.05) is 0 Å². The second-order valence-electron chi connectivity index (χ2n) is 10.1. The molecule has 4 aliphatic carbocycles. The standard InChI is InChI=1S/C26H31N3O2/c1-3-26(31)13-9-23-22-6-4-18-16-19(28-29-24(30)17-10-14-27-15-11-17)5-7-20(18)21(22)8-12-25(23,26)2/h1,10-11,14-16,20-23,31H,4-9,12-13H2,2H3,(H,29,30)/b28-19+/t20-,21+,22+,23-,25-,26-/m0/s1. The van der Waals surface area contributed by atoms with Gasteiger partial charge in [0.2, 0.25) is 0 Å². The van der Waals surface area contributed by atoms with Crippen LogP contribution < -0.4 is 5.43 Å². The minimum Gasteiger partial charge on any atom is -0.377 e. The van der Waals surface area contributed by atoms with Gasteiger partial charge in [0, 0.05) is 23.4 Å². The Morgan fingerprint density at radius 2 is 2.00 bits per heavy atom. The van der Waals surface area contributed by atoms with Gasteiger partial charge in [-0.1, -0.05) is 18.4 Å². The molecular formula is C26H31N3O2. The van der Waals surface area contributed by atoms with Crippen LogP contribution in [0.15, 0.2) is 41.3 Å². The third-order valence-electron chi connectivity index (χ3n) is 8.95. The van der Waals surface area contributed by atoms with E-state index in [4.69, 9.17) is 6.42 Å². The minimum absolute atomic E-state index is 0.136. The predicted molar refractivity (Wildman–Crippen MR) is 120 cm³/mol. The number of amides is 1. The van der Waals surface area contributed by atoms with Gasteiger partial charge in [-0.05, 0) is 93.2 Å². The summed E-state index contributed by atoms with van der Waals surface area (Å²) in [6, 6.07) is 3.38. The highest BCUT2D eigenvalue weighted by molar-refractivity contribution is 5.99. The minimum atomic E-state index is -0.932. The summed E-state index contributed by atoms with van der Waals surface area (Å²) in [6.45, 7) is 2.24. The third-order valence-corrected chi connectivity index (χ3v) is 8.95. The first-order chi connectivity index (χ1) is 14.9. The quantitative estimate of drug-likeness (QED) is 0.562. The lowest BCUT2D eigenvalue weighted by Gasteiger charge is -2.54. The zero-order valence-corrected chi connectivity index (χ0v) is 18.2. The Balaban J connectivity index is 1.30. The molecule has 1 aromatic rings. The fraction of sp³-hybridized carbons (Fsp3) is 0.577. The van der Waals surface area contributed by atoms with Gasteiger partial charge in [0.15, 0.2) is 0 Å². The summed E-state index contributed by atoms with van der Waals surface area (Å²) in [5.74, 6) is 5.05. The van der Waals surface area contributed by atoms with Crippen molar-refractivity contribution in [1.29, 1.82) is 0 Å². The van der Waals surface area contributed by atoms with Crippen LogP contribution in [0, 0.1) is 41.4 Å². The molecule has 4 aliphatic rings. The highest BCUT2D eigenvalue weighted by Gasteiger charge is 2.61. The van der Waals surface area contributed by atoms with Crippen LogP contribution in [0.4, 0.5) is 0 Å². The molecule has 5 heteroatoms. The van der Waals surface area contributed by atoms with E-state index >= 15 is 0 Å². The van der Waals surface area contributed by atoms with E-state index in [1.54, 1.807) is 24.5 Å². The molecule has 0 spiro atoms. The maximum Gasteiger partial charge on any atom is 0.271 e. The molecule has 1 amide bonds. The molecule has 2 N–H and O–H groups in total. The SMILES string of the molecule is C#C[C@]1(O)CC[C@H]2[C@@H]3CCC4=C/C(=N/NC(=O)c5ccncc5)CC[C@@H]4[C@H]3CC[C@@]21C. The first kappa shape index (κ1) is 20.5. The van der Waals surface area contributed by atoms with Crippen LogP contribution in [0.25, 0.3) is 0 Å². The summed E-state index contributed by atoms with van der Waals surface area (Å²) in [7, 11) is 0. The normalized spacial score (nSPS) is 40.2. The largest absolute Gasteiger partial charge is 0.377 e.